The summed E-state index contributed by atoms with van der Waals surface area (Å²) < 4.78 is 5.51. The smallest absolute Gasteiger partial charge is 0.248 e. The fraction of sp³-hybridized carbons (Fsp3) is 0.529. The number of fused-ring (bicyclic) bond motifs is 1. The molecule has 2 fully saturated rings. The van der Waals surface area contributed by atoms with Crippen LogP contribution < -0.4 is 0 Å². The van der Waals surface area contributed by atoms with Crippen molar-refractivity contribution in [2.24, 2.45) is 11.8 Å². The second kappa shape index (κ2) is 6.48. The Morgan fingerprint density at radius 2 is 2.05 bits per heavy atom. The highest BCUT2D eigenvalue weighted by Gasteiger charge is 2.43. The minimum atomic E-state index is -0.0168. The van der Waals surface area contributed by atoms with Gasteiger partial charge in [0.1, 0.15) is 6.61 Å². The predicted octanol–water partition coefficient (Wildman–Crippen LogP) is 1.14. The number of hydrogen-bond donors (Lipinski definition) is 0. The van der Waals surface area contributed by atoms with Crippen molar-refractivity contribution in [1.29, 1.82) is 0 Å². The van der Waals surface area contributed by atoms with Gasteiger partial charge in [-0.15, -0.1) is 0 Å². The highest BCUT2D eigenvalue weighted by Crippen LogP contribution is 2.31. The topological polar surface area (TPSA) is 49.9 Å². The van der Waals surface area contributed by atoms with Crippen LogP contribution in [-0.4, -0.2) is 54.9 Å². The van der Waals surface area contributed by atoms with Gasteiger partial charge in [-0.2, -0.15) is 0 Å². The first-order chi connectivity index (χ1) is 10.6. The zero-order valence-corrected chi connectivity index (χ0v) is 12.9. The first-order valence-corrected chi connectivity index (χ1v) is 7.79. The van der Waals surface area contributed by atoms with Crippen molar-refractivity contribution >= 4 is 11.8 Å². The van der Waals surface area contributed by atoms with E-state index in [1.807, 2.05) is 37.4 Å². The van der Waals surface area contributed by atoms with Gasteiger partial charge in [0, 0.05) is 26.7 Å². The Balaban J connectivity index is 1.48. The third kappa shape index (κ3) is 3.14. The van der Waals surface area contributed by atoms with E-state index in [0.717, 1.165) is 18.5 Å². The molecule has 2 saturated heterocycles. The van der Waals surface area contributed by atoms with Gasteiger partial charge in [-0.1, -0.05) is 30.3 Å². The van der Waals surface area contributed by atoms with Gasteiger partial charge in [-0.05, 0) is 17.9 Å². The van der Waals surface area contributed by atoms with Gasteiger partial charge in [0.25, 0.3) is 0 Å². The molecule has 2 amide bonds. The molecule has 1 aromatic rings. The molecule has 0 aliphatic carbocycles. The zero-order chi connectivity index (χ0) is 15.5. The van der Waals surface area contributed by atoms with Crippen LogP contribution in [0.1, 0.15) is 12.0 Å². The minimum absolute atomic E-state index is 0.0132. The lowest BCUT2D eigenvalue weighted by atomic mass is 9.88. The van der Waals surface area contributed by atoms with Crippen LogP contribution in [0.4, 0.5) is 0 Å². The number of carbonyl (C=O) groups excluding carboxylic acids is 2. The van der Waals surface area contributed by atoms with Crippen LogP contribution in [0.2, 0.25) is 0 Å². The molecule has 5 heteroatoms. The zero-order valence-electron chi connectivity index (χ0n) is 12.9. The molecular formula is C17H22N2O3. The lowest BCUT2D eigenvalue weighted by molar-refractivity contribution is -0.138. The summed E-state index contributed by atoms with van der Waals surface area (Å²) >= 11 is 0. The van der Waals surface area contributed by atoms with Crippen molar-refractivity contribution in [2.75, 3.05) is 33.3 Å². The van der Waals surface area contributed by atoms with Gasteiger partial charge in [-0.3, -0.25) is 9.59 Å². The maximum atomic E-state index is 12.2. The summed E-state index contributed by atoms with van der Waals surface area (Å²) in [4.78, 5) is 27.9. The normalized spacial score (nSPS) is 24.5. The third-order valence-electron chi connectivity index (χ3n) is 4.66. The highest BCUT2D eigenvalue weighted by molar-refractivity contribution is 5.83. The van der Waals surface area contributed by atoms with Crippen LogP contribution in [0.5, 0.6) is 0 Å². The quantitative estimate of drug-likeness (QED) is 0.838. The summed E-state index contributed by atoms with van der Waals surface area (Å²) in [5.41, 5.74) is 1.06. The Morgan fingerprint density at radius 3 is 2.82 bits per heavy atom. The maximum absolute atomic E-state index is 12.2. The second-order valence-electron chi connectivity index (χ2n) is 6.19. The summed E-state index contributed by atoms with van der Waals surface area (Å²) in [5.74, 6) is 0.469. The molecule has 0 bridgehead atoms. The van der Waals surface area contributed by atoms with Gasteiger partial charge in [0.2, 0.25) is 11.8 Å². The summed E-state index contributed by atoms with van der Waals surface area (Å²) in [5, 5.41) is 0. The fourth-order valence-corrected chi connectivity index (χ4v) is 3.32. The summed E-state index contributed by atoms with van der Waals surface area (Å²) in [6.45, 7) is 2.55. The van der Waals surface area contributed by atoms with Gasteiger partial charge in [0.05, 0.1) is 12.5 Å². The molecule has 118 valence electrons. The number of carbonyl (C=O) groups is 2. The molecule has 2 atom stereocenters. The molecule has 3 rings (SSSR count). The average Bonchev–Trinajstić information content (AvgIpc) is 2.97. The highest BCUT2D eigenvalue weighted by atomic mass is 16.5. The van der Waals surface area contributed by atoms with Gasteiger partial charge in [0.15, 0.2) is 0 Å². The summed E-state index contributed by atoms with van der Waals surface area (Å²) in [6.07, 6.45) is 0.988. The molecule has 0 N–H and O–H groups in total. The third-order valence-corrected chi connectivity index (χ3v) is 4.66. The van der Waals surface area contributed by atoms with E-state index in [9.17, 15) is 9.59 Å². The van der Waals surface area contributed by atoms with Crippen LogP contribution in [0.15, 0.2) is 30.3 Å². The van der Waals surface area contributed by atoms with E-state index in [1.165, 1.54) is 0 Å². The van der Waals surface area contributed by atoms with Crippen LogP contribution >= 0.6 is 0 Å². The molecule has 0 saturated carbocycles. The molecular weight excluding hydrogens is 280 g/mol. The Kier molecular flexibility index (Phi) is 4.43. The number of hydrogen-bond acceptors (Lipinski definition) is 3. The Labute approximate surface area is 130 Å². The monoisotopic (exact) mass is 302 g/mol. The molecule has 1 aromatic carbocycles. The van der Waals surface area contributed by atoms with Crippen LogP contribution in [-0.2, 0) is 20.9 Å². The summed E-state index contributed by atoms with van der Waals surface area (Å²) in [7, 11) is 1.84. The van der Waals surface area contributed by atoms with E-state index in [-0.39, 0.29) is 24.3 Å². The van der Waals surface area contributed by atoms with Crippen molar-refractivity contribution in [2.45, 2.75) is 13.0 Å². The summed E-state index contributed by atoms with van der Waals surface area (Å²) in [6, 6.07) is 9.81. The largest absolute Gasteiger partial charge is 0.367 e. The van der Waals surface area contributed by atoms with Crippen LogP contribution in [0.3, 0.4) is 0 Å². The van der Waals surface area contributed by atoms with Gasteiger partial charge in [-0.25, -0.2) is 0 Å². The van der Waals surface area contributed by atoms with Crippen molar-refractivity contribution < 1.29 is 14.3 Å². The molecule has 0 unspecified atom stereocenters. The lowest BCUT2D eigenvalue weighted by Gasteiger charge is -2.30. The Bertz CT molecular complexity index is 546. The number of nitrogens with zero attached hydrogens (tertiary/aromatic N) is 2. The predicted molar refractivity (Wildman–Crippen MR) is 81.9 cm³/mol. The first-order valence-electron chi connectivity index (χ1n) is 7.79. The molecule has 0 aromatic heterocycles. The molecule has 5 nitrogen and oxygen atoms in total. The van der Waals surface area contributed by atoms with Crippen molar-refractivity contribution in [3.8, 4) is 0 Å². The van der Waals surface area contributed by atoms with Crippen molar-refractivity contribution in [3.63, 3.8) is 0 Å². The van der Waals surface area contributed by atoms with Crippen molar-refractivity contribution in [1.82, 2.24) is 9.80 Å². The van der Waals surface area contributed by atoms with E-state index < -0.39 is 0 Å². The number of likely N-dealkylation sites (tertiary alicyclic amines) is 2. The standard InChI is InChI=1S/C17H22N2O3/c1-18-8-7-14-9-19(10-15(14)17(18)21)16(20)12-22-11-13-5-3-2-4-6-13/h2-6,14-15H,7-12H2,1H3/t14-,15+/m1/s1. The number of ether oxygens (including phenoxy) is 1. The molecule has 2 aliphatic heterocycles. The van der Waals surface area contributed by atoms with E-state index in [2.05, 4.69) is 0 Å². The van der Waals surface area contributed by atoms with Gasteiger partial charge < -0.3 is 14.5 Å². The van der Waals surface area contributed by atoms with E-state index >= 15 is 0 Å². The van der Waals surface area contributed by atoms with Crippen LogP contribution in [0.25, 0.3) is 0 Å². The van der Waals surface area contributed by atoms with E-state index in [1.54, 1.807) is 9.80 Å². The number of rotatable bonds is 4. The number of amides is 2. The van der Waals surface area contributed by atoms with Crippen LogP contribution in [0, 0.1) is 11.8 Å². The molecule has 0 spiro atoms. The van der Waals surface area contributed by atoms with Gasteiger partial charge >= 0.3 is 0 Å². The SMILES string of the molecule is CN1CC[C@@H]2CN(C(=O)COCc3ccccc3)C[C@@H]2C1=O. The molecule has 22 heavy (non-hydrogen) atoms. The van der Waals surface area contributed by atoms with Crippen molar-refractivity contribution in [3.05, 3.63) is 35.9 Å². The maximum Gasteiger partial charge on any atom is 0.248 e. The molecule has 2 heterocycles. The van der Waals surface area contributed by atoms with E-state index in [4.69, 9.17) is 4.74 Å². The molecule has 2 aliphatic rings. The second-order valence-corrected chi connectivity index (χ2v) is 6.19. The number of benzene rings is 1. The molecule has 0 radical (unpaired) electrons. The Hall–Kier alpha value is -1.88. The average molecular weight is 302 g/mol. The van der Waals surface area contributed by atoms with E-state index in [0.29, 0.717) is 25.6 Å². The lowest BCUT2D eigenvalue weighted by Crippen LogP contribution is -2.42. The Morgan fingerprint density at radius 1 is 1.27 bits per heavy atom. The minimum Gasteiger partial charge on any atom is -0.367 e. The first kappa shape index (κ1) is 15.0. The fourth-order valence-electron chi connectivity index (χ4n) is 3.32. The number of piperidine rings is 1.